The van der Waals surface area contributed by atoms with Crippen molar-refractivity contribution in [1.82, 2.24) is 19.9 Å². The van der Waals surface area contributed by atoms with Crippen molar-refractivity contribution in [3.63, 3.8) is 0 Å². The molecule has 2 aromatic heterocycles. The topological polar surface area (TPSA) is 89.8 Å². The van der Waals surface area contributed by atoms with Crippen LogP contribution in [0.5, 0.6) is 11.6 Å². The highest BCUT2D eigenvalue weighted by Gasteiger charge is 2.24. The first-order valence-corrected chi connectivity index (χ1v) is 11.5. The number of halogens is 1. The summed E-state index contributed by atoms with van der Waals surface area (Å²) < 4.78 is 26.4. The second-order valence-electron chi connectivity index (χ2n) is 8.53. The fraction of sp³-hybridized carbons (Fsp3) is 0.269. The number of benzene rings is 2. The van der Waals surface area contributed by atoms with Crippen molar-refractivity contribution in [2.45, 2.75) is 25.8 Å². The molecule has 2 aromatic carbocycles. The second kappa shape index (κ2) is 9.71. The van der Waals surface area contributed by atoms with E-state index in [0.717, 1.165) is 29.7 Å². The maximum atomic E-state index is 13.7. The van der Waals surface area contributed by atoms with Crippen LogP contribution in [0.4, 0.5) is 10.1 Å². The highest BCUT2D eigenvalue weighted by atomic mass is 19.1. The first-order chi connectivity index (χ1) is 17.0. The third-order valence-corrected chi connectivity index (χ3v) is 5.76. The van der Waals surface area contributed by atoms with Crippen molar-refractivity contribution in [1.29, 1.82) is 0 Å². The summed E-state index contributed by atoms with van der Waals surface area (Å²) in [6.45, 7) is 2.98. The number of carbonyl (C=O) groups excluding carboxylic acids is 1. The van der Waals surface area contributed by atoms with Crippen molar-refractivity contribution >= 4 is 17.2 Å². The Labute approximate surface area is 202 Å². The molecule has 1 saturated carbocycles. The Morgan fingerprint density at radius 3 is 2.80 bits per heavy atom. The monoisotopic (exact) mass is 475 g/mol. The minimum absolute atomic E-state index is 0.0526. The van der Waals surface area contributed by atoms with Gasteiger partial charge >= 0.3 is 0 Å². The molecule has 1 aliphatic rings. The number of imidazole rings is 1. The van der Waals surface area contributed by atoms with Gasteiger partial charge in [-0.1, -0.05) is 12.1 Å². The Hall–Kier alpha value is -3.98. The fourth-order valence-electron chi connectivity index (χ4n) is 3.83. The summed E-state index contributed by atoms with van der Waals surface area (Å²) >= 11 is 0. The molecule has 0 unspecified atom stereocenters. The summed E-state index contributed by atoms with van der Waals surface area (Å²) in [5, 5.41) is 10.9. The molecular weight excluding hydrogens is 449 g/mol. The van der Waals surface area contributed by atoms with Crippen LogP contribution in [0.15, 0.2) is 54.7 Å². The molecule has 1 aliphatic carbocycles. The van der Waals surface area contributed by atoms with Crippen LogP contribution >= 0.6 is 0 Å². The van der Waals surface area contributed by atoms with E-state index >= 15 is 0 Å². The predicted octanol–water partition coefficient (Wildman–Crippen LogP) is 4.59. The van der Waals surface area contributed by atoms with E-state index in [1.54, 1.807) is 36.0 Å². The van der Waals surface area contributed by atoms with Crippen molar-refractivity contribution in [2.75, 3.05) is 25.6 Å². The van der Waals surface area contributed by atoms with Gasteiger partial charge in [0.05, 0.1) is 24.2 Å². The van der Waals surface area contributed by atoms with Crippen LogP contribution in [-0.4, -0.2) is 46.8 Å². The molecule has 2 N–H and O–H groups in total. The van der Waals surface area contributed by atoms with Crippen LogP contribution in [-0.2, 0) is 4.74 Å². The first-order valence-electron chi connectivity index (χ1n) is 11.5. The molecule has 0 aliphatic heterocycles. The Morgan fingerprint density at radius 1 is 1.20 bits per heavy atom. The summed E-state index contributed by atoms with van der Waals surface area (Å²) in [5.74, 6) is 0.164. The number of amides is 1. The van der Waals surface area contributed by atoms with E-state index in [1.165, 1.54) is 12.1 Å². The van der Waals surface area contributed by atoms with Gasteiger partial charge in [0.25, 0.3) is 5.91 Å². The molecule has 35 heavy (non-hydrogen) atoms. The number of aryl methyl sites for hydroxylation is 1. The van der Waals surface area contributed by atoms with Gasteiger partial charge in [-0.05, 0) is 49.6 Å². The lowest BCUT2D eigenvalue weighted by Crippen LogP contribution is -2.26. The van der Waals surface area contributed by atoms with E-state index in [1.807, 2.05) is 25.1 Å². The van der Waals surface area contributed by atoms with Gasteiger partial charge in [0, 0.05) is 43.0 Å². The van der Waals surface area contributed by atoms with E-state index in [2.05, 4.69) is 20.7 Å². The number of hydrogen-bond acceptors (Lipinski definition) is 6. The third kappa shape index (κ3) is 5.09. The second-order valence-corrected chi connectivity index (χ2v) is 8.53. The van der Waals surface area contributed by atoms with Gasteiger partial charge in [-0.2, -0.15) is 0 Å². The van der Waals surface area contributed by atoms with Gasteiger partial charge < -0.3 is 20.1 Å². The Balaban J connectivity index is 1.52. The van der Waals surface area contributed by atoms with Crippen molar-refractivity contribution in [2.24, 2.45) is 0 Å². The molecule has 0 atom stereocenters. The number of nitrogens with one attached hydrogen (secondary N) is 2. The van der Waals surface area contributed by atoms with Crippen molar-refractivity contribution in [3.8, 4) is 22.9 Å². The molecule has 8 nitrogen and oxygen atoms in total. The van der Waals surface area contributed by atoms with Gasteiger partial charge in [-0.15, -0.1) is 5.10 Å². The molecule has 180 valence electrons. The van der Waals surface area contributed by atoms with Crippen LogP contribution in [0.1, 0.15) is 28.8 Å². The summed E-state index contributed by atoms with van der Waals surface area (Å²) in [6.07, 6.45) is 3.81. The van der Waals surface area contributed by atoms with Gasteiger partial charge in [-0.3, -0.25) is 4.79 Å². The summed E-state index contributed by atoms with van der Waals surface area (Å²) in [7, 11) is 1.63. The Kier molecular flexibility index (Phi) is 6.33. The average Bonchev–Trinajstić information content (AvgIpc) is 3.54. The lowest BCUT2D eigenvalue weighted by molar-refractivity contribution is 0.0950. The molecule has 1 amide bonds. The zero-order valence-electron chi connectivity index (χ0n) is 19.5. The maximum Gasteiger partial charge on any atom is 0.251 e. The highest BCUT2D eigenvalue weighted by Crippen LogP contribution is 2.30. The van der Waals surface area contributed by atoms with E-state index in [-0.39, 0.29) is 11.8 Å². The standard InChI is InChI=1S/C26H26FN5O3/c1-16-12-17(6-9-21(16)26(33)30-19-7-8-19)23-15-29-25-22(28-10-11-34-2)14-24(31-32(23)25)35-20-5-3-4-18(27)13-20/h3-6,9,12-15,19,28H,7-8,10-11H2,1-2H3,(H,30,33). The minimum atomic E-state index is -0.397. The first kappa shape index (κ1) is 22.8. The normalized spacial score (nSPS) is 13.1. The molecule has 0 bridgehead atoms. The number of hydrogen-bond donors (Lipinski definition) is 2. The largest absolute Gasteiger partial charge is 0.437 e. The molecular formula is C26H26FN5O3. The number of fused-ring (bicyclic) bond motifs is 1. The van der Waals surface area contributed by atoms with Crippen LogP contribution in [0.25, 0.3) is 16.9 Å². The van der Waals surface area contributed by atoms with Crippen LogP contribution < -0.4 is 15.4 Å². The summed E-state index contributed by atoms with van der Waals surface area (Å²) in [5.41, 5.74) is 4.41. The van der Waals surface area contributed by atoms with Crippen molar-refractivity contribution in [3.05, 3.63) is 71.7 Å². The zero-order chi connectivity index (χ0) is 24.4. The van der Waals surface area contributed by atoms with E-state index in [9.17, 15) is 9.18 Å². The number of aromatic nitrogens is 3. The van der Waals surface area contributed by atoms with Crippen LogP contribution in [0.2, 0.25) is 0 Å². The highest BCUT2D eigenvalue weighted by molar-refractivity contribution is 5.96. The van der Waals surface area contributed by atoms with Gasteiger partial charge in [-0.25, -0.2) is 13.9 Å². The van der Waals surface area contributed by atoms with Gasteiger partial charge in [0.15, 0.2) is 5.65 Å². The van der Waals surface area contributed by atoms with E-state index in [0.29, 0.717) is 41.8 Å². The quantitative estimate of drug-likeness (QED) is 0.344. The van der Waals surface area contributed by atoms with Crippen LogP contribution in [0.3, 0.4) is 0 Å². The van der Waals surface area contributed by atoms with E-state index in [4.69, 9.17) is 9.47 Å². The molecule has 9 heteroatoms. The number of methoxy groups -OCH3 is 1. The maximum absolute atomic E-state index is 13.7. The Bertz CT molecular complexity index is 1380. The predicted molar refractivity (Wildman–Crippen MR) is 130 cm³/mol. The molecule has 0 saturated heterocycles. The number of rotatable bonds is 9. The summed E-state index contributed by atoms with van der Waals surface area (Å²) in [4.78, 5) is 17.1. The van der Waals surface area contributed by atoms with Crippen molar-refractivity contribution < 1.29 is 18.7 Å². The molecule has 1 fully saturated rings. The van der Waals surface area contributed by atoms with E-state index < -0.39 is 5.82 Å². The van der Waals surface area contributed by atoms with Gasteiger partial charge in [0.1, 0.15) is 11.6 Å². The molecule has 0 spiro atoms. The Morgan fingerprint density at radius 2 is 2.06 bits per heavy atom. The molecule has 2 heterocycles. The summed E-state index contributed by atoms with van der Waals surface area (Å²) in [6, 6.07) is 13.6. The number of carbonyl (C=O) groups is 1. The van der Waals surface area contributed by atoms with Crippen LogP contribution in [0, 0.1) is 12.7 Å². The zero-order valence-corrected chi connectivity index (χ0v) is 19.5. The number of nitrogens with zero attached hydrogens (tertiary/aromatic N) is 3. The molecule has 0 radical (unpaired) electrons. The average molecular weight is 476 g/mol. The lowest BCUT2D eigenvalue weighted by atomic mass is 10.0. The third-order valence-electron chi connectivity index (χ3n) is 5.76. The SMILES string of the molecule is COCCNc1cc(Oc2cccc(F)c2)nn2c(-c3ccc(C(=O)NC4CC4)c(C)c3)cnc12. The number of ether oxygens (including phenoxy) is 2. The lowest BCUT2D eigenvalue weighted by Gasteiger charge is -2.12. The fourth-order valence-corrected chi connectivity index (χ4v) is 3.83. The molecule has 4 aromatic rings. The molecule has 5 rings (SSSR count). The minimum Gasteiger partial charge on any atom is -0.437 e. The van der Waals surface area contributed by atoms with Gasteiger partial charge in [0.2, 0.25) is 5.88 Å². The smallest absolute Gasteiger partial charge is 0.251 e. The number of anilines is 1.